The van der Waals surface area contributed by atoms with Crippen molar-refractivity contribution in [3.05, 3.63) is 23.9 Å². The van der Waals surface area contributed by atoms with Crippen molar-refractivity contribution in [1.29, 1.82) is 0 Å². The van der Waals surface area contributed by atoms with Gasteiger partial charge in [-0.25, -0.2) is 4.98 Å². The van der Waals surface area contributed by atoms with Crippen molar-refractivity contribution in [1.82, 2.24) is 4.98 Å². The van der Waals surface area contributed by atoms with Crippen molar-refractivity contribution in [2.75, 3.05) is 5.32 Å². The van der Waals surface area contributed by atoms with Gasteiger partial charge in [-0.15, -0.1) is 0 Å². The summed E-state index contributed by atoms with van der Waals surface area (Å²) in [6, 6.07) is 4.18. The van der Waals surface area contributed by atoms with Gasteiger partial charge in [0, 0.05) is 6.04 Å². The maximum atomic E-state index is 12.5. The Hall–Kier alpha value is -1.26. The molecule has 1 unspecified atom stereocenters. The van der Waals surface area contributed by atoms with Gasteiger partial charge in [0.1, 0.15) is 11.5 Å². The summed E-state index contributed by atoms with van der Waals surface area (Å²) in [5.74, 6) is 0.313. The fourth-order valence-corrected chi connectivity index (χ4v) is 2.44. The Kier molecular flexibility index (Phi) is 3.25. The third-order valence-corrected chi connectivity index (χ3v) is 3.36. The first-order valence-electron chi connectivity index (χ1n) is 6.07. The monoisotopic (exact) mass is 258 g/mol. The molecule has 1 atom stereocenters. The number of nitrogens with zero attached hydrogens (tertiary/aromatic N) is 1. The van der Waals surface area contributed by atoms with Crippen molar-refractivity contribution < 1.29 is 13.2 Å². The van der Waals surface area contributed by atoms with Crippen LogP contribution in [0.2, 0.25) is 0 Å². The molecule has 100 valence electrons. The van der Waals surface area contributed by atoms with Crippen LogP contribution in [-0.4, -0.2) is 11.0 Å². The Bertz CT molecular complexity index is 426. The minimum atomic E-state index is -4.38. The average molecular weight is 258 g/mol. The highest BCUT2D eigenvalue weighted by atomic mass is 19.4. The Labute approximate surface area is 105 Å². The van der Waals surface area contributed by atoms with Gasteiger partial charge in [0.25, 0.3) is 0 Å². The van der Waals surface area contributed by atoms with Gasteiger partial charge in [0.15, 0.2) is 0 Å². The first-order chi connectivity index (χ1) is 8.26. The lowest BCUT2D eigenvalue weighted by Gasteiger charge is -2.18. The number of anilines is 1. The van der Waals surface area contributed by atoms with Gasteiger partial charge in [-0.05, 0) is 36.8 Å². The minimum Gasteiger partial charge on any atom is -0.367 e. The third-order valence-electron chi connectivity index (χ3n) is 3.36. The molecule has 0 saturated heterocycles. The number of rotatable bonds is 2. The molecule has 0 aromatic carbocycles. The molecular weight excluding hydrogens is 241 g/mol. The number of hydrogen-bond donors (Lipinski definition) is 1. The smallest absolute Gasteiger partial charge is 0.367 e. The average Bonchev–Trinajstić information content (AvgIpc) is 2.57. The molecule has 1 aliphatic rings. The first kappa shape index (κ1) is 13.2. The fourth-order valence-electron chi connectivity index (χ4n) is 2.44. The summed E-state index contributed by atoms with van der Waals surface area (Å²) in [6.45, 7) is 4.35. The van der Waals surface area contributed by atoms with Crippen molar-refractivity contribution >= 4 is 5.82 Å². The minimum absolute atomic E-state index is 0.219. The first-order valence-corrected chi connectivity index (χ1v) is 6.07. The van der Waals surface area contributed by atoms with Gasteiger partial charge >= 0.3 is 6.18 Å². The van der Waals surface area contributed by atoms with E-state index >= 15 is 0 Å². The number of halogens is 3. The van der Waals surface area contributed by atoms with E-state index < -0.39 is 11.9 Å². The van der Waals surface area contributed by atoms with E-state index in [9.17, 15) is 13.2 Å². The summed E-state index contributed by atoms with van der Waals surface area (Å²) >= 11 is 0. The van der Waals surface area contributed by atoms with Gasteiger partial charge in [0.05, 0.1) is 0 Å². The maximum absolute atomic E-state index is 12.5. The molecule has 2 nitrogen and oxygen atoms in total. The Balaban J connectivity index is 2.07. The molecule has 5 heteroatoms. The summed E-state index contributed by atoms with van der Waals surface area (Å²) < 4.78 is 37.5. The zero-order valence-electron chi connectivity index (χ0n) is 10.5. The van der Waals surface area contributed by atoms with Crippen molar-refractivity contribution in [3.63, 3.8) is 0 Å². The second kappa shape index (κ2) is 4.44. The van der Waals surface area contributed by atoms with Crippen molar-refractivity contribution in [2.45, 2.75) is 45.3 Å². The molecule has 1 aliphatic carbocycles. The second-order valence-electron chi connectivity index (χ2n) is 5.65. The number of aromatic nitrogens is 1. The van der Waals surface area contributed by atoms with E-state index in [2.05, 4.69) is 24.1 Å². The molecule has 1 aromatic heterocycles. The molecule has 0 aliphatic heterocycles. The molecule has 0 spiro atoms. The van der Waals surface area contributed by atoms with Crippen molar-refractivity contribution in [2.24, 2.45) is 5.41 Å². The van der Waals surface area contributed by atoms with Crippen LogP contribution in [0.3, 0.4) is 0 Å². The van der Waals surface area contributed by atoms with Crippen LogP contribution in [0.1, 0.15) is 38.8 Å². The molecule has 1 saturated carbocycles. The van der Waals surface area contributed by atoms with Crippen LogP contribution >= 0.6 is 0 Å². The predicted octanol–water partition coefficient (Wildman–Crippen LogP) is 4.09. The zero-order chi connectivity index (χ0) is 13.4. The molecule has 18 heavy (non-hydrogen) atoms. The largest absolute Gasteiger partial charge is 0.433 e. The molecule has 1 N–H and O–H groups in total. The van der Waals surface area contributed by atoms with E-state index in [4.69, 9.17) is 0 Å². The summed E-state index contributed by atoms with van der Waals surface area (Å²) in [6.07, 6.45) is -1.36. The van der Waals surface area contributed by atoms with E-state index in [-0.39, 0.29) is 11.5 Å². The van der Waals surface area contributed by atoms with Crippen LogP contribution in [0.5, 0.6) is 0 Å². The highest BCUT2D eigenvalue weighted by Gasteiger charge is 2.33. The summed E-state index contributed by atoms with van der Waals surface area (Å²) in [4.78, 5) is 3.62. The van der Waals surface area contributed by atoms with E-state index in [0.717, 1.165) is 25.3 Å². The molecule has 0 bridgehead atoms. The molecule has 1 aromatic rings. The SMILES string of the molecule is CC1(C)CCC(Nc2cccc(C(F)(F)F)n2)C1. The summed E-state index contributed by atoms with van der Waals surface area (Å²) in [5.41, 5.74) is -0.580. The molecule has 2 rings (SSSR count). The highest BCUT2D eigenvalue weighted by Crippen LogP contribution is 2.38. The molecule has 0 amide bonds. The van der Waals surface area contributed by atoms with E-state index in [1.165, 1.54) is 6.07 Å². The zero-order valence-corrected chi connectivity index (χ0v) is 10.5. The van der Waals surface area contributed by atoms with Crippen LogP contribution in [-0.2, 0) is 6.18 Å². The lowest BCUT2D eigenvalue weighted by atomic mass is 9.92. The van der Waals surface area contributed by atoms with Crippen molar-refractivity contribution in [3.8, 4) is 0 Å². The van der Waals surface area contributed by atoms with Gasteiger partial charge in [-0.2, -0.15) is 13.2 Å². The summed E-state index contributed by atoms with van der Waals surface area (Å²) in [7, 11) is 0. The third kappa shape index (κ3) is 3.15. The van der Waals surface area contributed by atoms with E-state index in [1.807, 2.05) is 0 Å². The fraction of sp³-hybridized carbons (Fsp3) is 0.615. The summed E-state index contributed by atoms with van der Waals surface area (Å²) in [5, 5.41) is 3.10. The van der Waals surface area contributed by atoms with Crippen LogP contribution in [0, 0.1) is 5.41 Å². The van der Waals surface area contributed by atoms with Gasteiger partial charge < -0.3 is 5.32 Å². The predicted molar refractivity (Wildman–Crippen MR) is 64.3 cm³/mol. The Morgan fingerprint density at radius 3 is 2.61 bits per heavy atom. The van der Waals surface area contributed by atoms with Gasteiger partial charge in [-0.3, -0.25) is 0 Å². The number of hydrogen-bond acceptors (Lipinski definition) is 2. The lowest BCUT2D eigenvalue weighted by Crippen LogP contribution is -2.19. The number of pyridine rings is 1. The van der Waals surface area contributed by atoms with Crippen LogP contribution in [0.4, 0.5) is 19.0 Å². The molecule has 1 fully saturated rings. The normalized spacial score (nSPS) is 23.1. The molecular formula is C13H17F3N2. The highest BCUT2D eigenvalue weighted by molar-refractivity contribution is 5.37. The second-order valence-corrected chi connectivity index (χ2v) is 5.65. The van der Waals surface area contributed by atoms with Gasteiger partial charge in [-0.1, -0.05) is 19.9 Å². The lowest BCUT2D eigenvalue weighted by molar-refractivity contribution is -0.141. The van der Waals surface area contributed by atoms with E-state index in [1.54, 1.807) is 6.07 Å². The number of nitrogens with one attached hydrogen (secondary N) is 1. The maximum Gasteiger partial charge on any atom is 0.433 e. The van der Waals surface area contributed by atoms with Crippen LogP contribution < -0.4 is 5.32 Å². The Morgan fingerprint density at radius 2 is 2.06 bits per heavy atom. The quantitative estimate of drug-likeness (QED) is 0.864. The molecule has 0 radical (unpaired) electrons. The Morgan fingerprint density at radius 1 is 1.33 bits per heavy atom. The molecule has 1 heterocycles. The van der Waals surface area contributed by atoms with E-state index in [0.29, 0.717) is 5.82 Å². The topological polar surface area (TPSA) is 24.9 Å². The standard InChI is InChI=1S/C13H17F3N2/c1-12(2)7-6-9(8-12)17-11-5-3-4-10(18-11)13(14,15)16/h3-5,9H,6-8H2,1-2H3,(H,17,18). The van der Waals surface area contributed by atoms with Crippen LogP contribution in [0.15, 0.2) is 18.2 Å². The van der Waals surface area contributed by atoms with Gasteiger partial charge in [0.2, 0.25) is 0 Å². The van der Waals surface area contributed by atoms with Crippen LogP contribution in [0.25, 0.3) is 0 Å². The number of alkyl halides is 3.